The molecule has 0 saturated heterocycles. The molecule has 0 saturated carbocycles. The first-order chi connectivity index (χ1) is 8.13. The van der Waals surface area contributed by atoms with E-state index in [1.54, 1.807) is 0 Å². The van der Waals surface area contributed by atoms with Gasteiger partial charge >= 0.3 is 0 Å². The fraction of sp³-hybridized carbons (Fsp3) is 0.333. The Morgan fingerprint density at radius 2 is 2.24 bits per heavy atom. The molecule has 17 heavy (non-hydrogen) atoms. The maximum Gasteiger partial charge on any atom is 0.259 e. The Morgan fingerprint density at radius 1 is 1.47 bits per heavy atom. The Labute approximate surface area is 113 Å². The Kier molecular flexibility index (Phi) is 3.78. The Bertz CT molecular complexity index is 525. The van der Waals surface area contributed by atoms with Crippen molar-refractivity contribution in [3.05, 3.63) is 33.2 Å². The molecule has 1 N–H and O–H groups in total. The molecule has 0 radical (unpaired) electrons. The summed E-state index contributed by atoms with van der Waals surface area (Å²) in [6.07, 6.45) is -0.0841. The van der Waals surface area contributed by atoms with E-state index in [2.05, 4.69) is 32.7 Å². The zero-order chi connectivity index (χ0) is 12.4. The molecule has 1 heterocycles. The lowest BCUT2D eigenvalue weighted by Crippen LogP contribution is -1.97. The summed E-state index contributed by atoms with van der Waals surface area (Å²) in [6, 6.07) is 5.92. The van der Waals surface area contributed by atoms with Gasteiger partial charge in [0.1, 0.15) is 6.10 Å². The molecule has 1 aromatic heterocycles. The molecule has 0 bridgehead atoms. The first-order valence-electron chi connectivity index (χ1n) is 5.40. The minimum atomic E-state index is -0.657. The number of hydrogen-bond acceptors (Lipinski definition) is 4. The van der Waals surface area contributed by atoms with Gasteiger partial charge in [-0.1, -0.05) is 24.2 Å². The molecular formula is C12H13IN2O2. The van der Waals surface area contributed by atoms with Crippen molar-refractivity contribution in [3.8, 4) is 11.5 Å². The standard InChI is InChI=1S/C12H13IN2O2/c1-3-9(16)11-14-12(17-15-11)8-6-4-5-7(2)10(8)13/h4-6,9,16H,3H2,1-2H3. The van der Waals surface area contributed by atoms with Crippen LogP contribution in [0.3, 0.4) is 0 Å². The van der Waals surface area contributed by atoms with Crippen LogP contribution in [0.1, 0.15) is 30.8 Å². The van der Waals surface area contributed by atoms with Gasteiger partial charge in [0.2, 0.25) is 5.82 Å². The minimum Gasteiger partial charge on any atom is -0.385 e. The van der Waals surface area contributed by atoms with Crippen LogP contribution in [0.2, 0.25) is 0 Å². The number of halogens is 1. The van der Waals surface area contributed by atoms with Gasteiger partial charge < -0.3 is 9.63 Å². The number of aliphatic hydroxyl groups excluding tert-OH is 1. The molecule has 0 aliphatic carbocycles. The van der Waals surface area contributed by atoms with Gasteiger partial charge in [0.05, 0.1) is 5.56 Å². The van der Waals surface area contributed by atoms with Crippen molar-refractivity contribution in [3.63, 3.8) is 0 Å². The number of aromatic nitrogens is 2. The van der Waals surface area contributed by atoms with E-state index in [9.17, 15) is 5.11 Å². The quantitative estimate of drug-likeness (QED) is 0.870. The highest BCUT2D eigenvalue weighted by molar-refractivity contribution is 14.1. The fourth-order valence-electron chi connectivity index (χ4n) is 1.47. The highest BCUT2D eigenvalue weighted by Crippen LogP contribution is 2.27. The maximum absolute atomic E-state index is 9.63. The third-order valence-corrected chi connectivity index (χ3v) is 3.98. The summed E-state index contributed by atoms with van der Waals surface area (Å²) >= 11 is 2.25. The summed E-state index contributed by atoms with van der Waals surface area (Å²) in [7, 11) is 0. The van der Waals surface area contributed by atoms with E-state index in [1.807, 2.05) is 32.0 Å². The molecule has 4 nitrogen and oxygen atoms in total. The van der Waals surface area contributed by atoms with E-state index < -0.39 is 6.10 Å². The summed E-state index contributed by atoms with van der Waals surface area (Å²) in [6.45, 7) is 3.90. The molecule has 1 unspecified atom stereocenters. The van der Waals surface area contributed by atoms with E-state index in [-0.39, 0.29) is 0 Å². The Morgan fingerprint density at radius 3 is 2.94 bits per heavy atom. The van der Waals surface area contributed by atoms with Crippen LogP contribution in [0.25, 0.3) is 11.5 Å². The van der Waals surface area contributed by atoms with Gasteiger partial charge in [-0.2, -0.15) is 4.98 Å². The highest BCUT2D eigenvalue weighted by Gasteiger charge is 2.16. The van der Waals surface area contributed by atoms with Crippen LogP contribution in [0.5, 0.6) is 0 Å². The van der Waals surface area contributed by atoms with Crippen molar-refractivity contribution in [2.45, 2.75) is 26.4 Å². The smallest absolute Gasteiger partial charge is 0.259 e. The lowest BCUT2D eigenvalue weighted by molar-refractivity contribution is 0.159. The molecule has 0 spiro atoms. The van der Waals surface area contributed by atoms with Crippen molar-refractivity contribution >= 4 is 22.6 Å². The van der Waals surface area contributed by atoms with Gasteiger partial charge in [0.25, 0.3) is 5.89 Å². The summed E-state index contributed by atoms with van der Waals surface area (Å²) in [5, 5.41) is 13.4. The molecule has 0 fully saturated rings. The Hall–Kier alpha value is -0.950. The summed E-state index contributed by atoms with van der Waals surface area (Å²) in [4.78, 5) is 4.22. The van der Waals surface area contributed by atoms with Crippen LogP contribution in [0.4, 0.5) is 0 Å². The van der Waals surface area contributed by atoms with Gasteiger partial charge in [-0.05, 0) is 47.6 Å². The van der Waals surface area contributed by atoms with Crippen LogP contribution < -0.4 is 0 Å². The molecule has 0 aliphatic heterocycles. The zero-order valence-corrected chi connectivity index (χ0v) is 11.8. The maximum atomic E-state index is 9.63. The number of aliphatic hydroxyl groups is 1. The van der Waals surface area contributed by atoms with Crippen molar-refractivity contribution in [1.82, 2.24) is 10.1 Å². The van der Waals surface area contributed by atoms with Gasteiger partial charge in [-0.25, -0.2) is 0 Å². The van der Waals surface area contributed by atoms with E-state index >= 15 is 0 Å². The molecule has 2 aromatic rings. The number of rotatable bonds is 3. The van der Waals surface area contributed by atoms with Crippen molar-refractivity contribution < 1.29 is 9.63 Å². The zero-order valence-electron chi connectivity index (χ0n) is 9.64. The third-order valence-electron chi connectivity index (χ3n) is 2.55. The van der Waals surface area contributed by atoms with Crippen LogP contribution in [0.15, 0.2) is 22.7 Å². The lowest BCUT2D eigenvalue weighted by atomic mass is 10.1. The van der Waals surface area contributed by atoms with Gasteiger partial charge in [0, 0.05) is 3.57 Å². The molecule has 2 rings (SSSR count). The number of nitrogens with zero attached hydrogens (tertiary/aromatic N) is 2. The first-order valence-corrected chi connectivity index (χ1v) is 6.48. The SMILES string of the molecule is CCC(O)c1noc(-c2cccc(C)c2I)n1. The number of benzene rings is 1. The van der Waals surface area contributed by atoms with Crippen LogP contribution in [-0.2, 0) is 0 Å². The molecular weight excluding hydrogens is 331 g/mol. The fourth-order valence-corrected chi connectivity index (χ4v) is 2.07. The second-order valence-corrected chi connectivity index (χ2v) is 4.90. The summed E-state index contributed by atoms with van der Waals surface area (Å²) in [5.74, 6) is 0.806. The van der Waals surface area contributed by atoms with Crippen LogP contribution in [-0.4, -0.2) is 15.2 Å². The largest absolute Gasteiger partial charge is 0.385 e. The van der Waals surface area contributed by atoms with Crippen LogP contribution in [0, 0.1) is 10.5 Å². The molecule has 0 amide bonds. The van der Waals surface area contributed by atoms with E-state index in [0.717, 1.165) is 9.13 Å². The van der Waals surface area contributed by atoms with Crippen LogP contribution >= 0.6 is 22.6 Å². The highest BCUT2D eigenvalue weighted by atomic mass is 127. The van der Waals surface area contributed by atoms with Gasteiger partial charge in [0.15, 0.2) is 0 Å². The Balaban J connectivity index is 2.40. The first kappa shape index (κ1) is 12.5. The number of aryl methyl sites for hydroxylation is 1. The summed E-state index contributed by atoms with van der Waals surface area (Å²) < 4.78 is 6.27. The molecule has 0 aliphatic rings. The molecule has 5 heteroatoms. The lowest BCUT2D eigenvalue weighted by Gasteiger charge is -2.02. The van der Waals surface area contributed by atoms with Crippen molar-refractivity contribution in [2.75, 3.05) is 0 Å². The van der Waals surface area contributed by atoms with Gasteiger partial charge in [-0.15, -0.1) is 0 Å². The average Bonchev–Trinajstić information content (AvgIpc) is 2.81. The number of hydrogen-bond donors (Lipinski definition) is 1. The minimum absolute atomic E-state index is 0.347. The van der Waals surface area contributed by atoms with E-state index in [0.29, 0.717) is 18.1 Å². The second-order valence-electron chi connectivity index (χ2n) is 3.82. The second kappa shape index (κ2) is 5.14. The van der Waals surface area contributed by atoms with Crippen molar-refractivity contribution in [2.24, 2.45) is 0 Å². The third kappa shape index (κ3) is 2.50. The topological polar surface area (TPSA) is 59.2 Å². The van der Waals surface area contributed by atoms with E-state index in [1.165, 1.54) is 5.56 Å². The van der Waals surface area contributed by atoms with E-state index in [4.69, 9.17) is 4.52 Å². The van der Waals surface area contributed by atoms with Gasteiger partial charge in [-0.3, -0.25) is 0 Å². The molecule has 90 valence electrons. The normalized spacial score (nSPS) is 12.7. The predicted molar refractivity (Wildman–Crippen MR) is 72.4 cm³/mol. The molecule has 1 atom stereocenters. The summed E-state index contributed by atoms with van der Waals surface area (Å²) in [5.41, 5.74) is 2.08. The monoisotopic (exact) mass is 344 g/mol. The predicted octanol–water partition coefficient (Wildman–Crippen LogP) is 3.09. The average molecular weight is 344 g/mol. The molecule has 1 aromatic carbocycles. The van der Waals surface area contributed by atoms with Crippen molar-refractivity contribution in [1.29, 1.82) is 0 Å².